The van der Waals surface area contributed by atoms with E-state index in [-0.39, 0.29) is 5.82 Å². The van der Waals surface area contributed by atoms with Crippen molar-refractivity contribution in [3.8, 4) is 5.75 Å². The minimum absolute atomic E-state index is 0.285. The first-order valence-electron chi connectivity index (χ1n) is 4.67. The van der Waals surface area contributed by atoms with E-state index in [2.05, 4.69) is 29.8 Å². The predicted molar refractivity (Wildman–Crippen MR) is 59.1 cm³/mol. The highest BCUT2D eigenvalue weighted by molar-refractivity contribution is 9.10. The summed E-state index contributed by atoms with van der Waals surface area (Å²) in [4.78, 5) is 0. The Labute approximate surface area is 92.4 Å². The van der Waals surface area contributed by atoms with E-state index < -0.39 is 0 Å². The molecule has 0 spiro atoms. The van der Waals surface area contributed by atoms with Gasteiger partial charge in [0.15, 0.2) is 0 Å². The fraction of sp³-hybridized carbons (Fsp3) is 0.455. The van der Waals surface area contributed by atoms with Crippen LogP contribution in [0.4, 0.5) is 4.39 Å². The molecule has 0 atom stereocenters. The minimum Gasteiger partial charge on any atom is -0.493 e. The summed E-state index contributed by atoms with van der Waals surface area (Å²) >= 11 is 3.09. The Balaban J connectivity index is 2.47. The van der Waals surface area contributed by atoms with Crippen molar-refractivity contribution in [3.63, 3.8) is 0 Å². The van der Waals surface area contributed by atoms with Crippen molar-refractivity contribution >= 4 is 15.9 Å². The number of hydrogen-bond donors (Lipinski definition) is 0. The maximum atomic E-state index is 13.0. The Morgan fingerprint density at radius 1 is 1.43 bits per heavy atom. The number of ether oxygens (including phenoxy) is 1. The van der Waals surface area contributed by atoms with E-state index in [0.29, 0.717) is 22.7 Å². The lowest BCUT2D eigenvalue weighted by Gasteiger charge is -2.08. The van der Waals surface area contributed by atoms with Gasteiger partial charge in [0.05, 0.1) is 11.1 Å². The van der Waals surface area contributed by atoms with Crippen LogP contribution in [0.5, 0.6) is 5.75 Å². The maximum absolute atomic E-state index is 13.0. The second-order valence-electron chi connectivity index (χ2n) is 3.61. The molecule has 0 bridgehead atoms. The van der Waals surface area contributed by atoms with Crippen LogP contribution in [0.3, 0.4) is 0 Å². The Morgan fingerprint density at radius 3 is 2.71 bits per heavy atom. The van der Waals surface area contributed by atoms with Gasteiger partial charge in [-0.3, -0.25) is 0 Å². The van der Waals surface area contributed by atoms with Gasteiger partial charge in [0.25, 0.3) is 0 Å². The summed E-state index contributed by atoms with van der Waals surface area (Å²) in [6.45, 7) is 4.90. The molecule has 0 aliphatic rings. The molecule has 1 aromatic rings. The molecule has 0 aliphatic carbocycles. The van der Waals surface area contributed by atoms with E-state index in [9.17, 15) is 4.39 Å². The molecule has 0 amide bonds. The quantitative estimate of drug-likeness (QED) is 0.795. The van der Waals surface area contributed by atoms with Gasteiger partial charge in [0.2, 0.25) is 0 Å². The third kappa shape index (κ3) is 3.66. The van der Waals surface area contributed by atoms with Crippen molar-refractivity contribution in [3.05, 3.63) is 28.5 Å². The number of rotatable bonds is 4. The first-order valence-corrected chi connectivity index (χ1v) is 5.46. The average molecular weight is 261 g/mol. The lowest BCUT2D eigenvalue weighted by atomic mass is 10.1. The lowest BCUT2D eigenvalue weighted by Crippen LogP contribution is -2.01. The van der Waals surface area contributed by atoms with Crippen molar-refractivity contribution in [1.29, 1.82) is 0 Å². The summed E-state index contributed by atoms with van der Waals surface area (Å²) in [7, 11) is 0. The van der Waals surface area contributed by atoms with Crippen molar-refractivity contribution in [2.45, 2.75) is 20.3 Å². The highest BCUT2D eigenvalue weighted by Gasteiger charge is 2.01. The molecule has 1 aromatic carbocycles. The summed E-state index contributed by atoms with van der Waals surface area (Å²) in [6, 6.07) is 4.80. The molecular formula is C11H14BrFO. The zero-order chi connectivity index (χ0) is 10.6. The van der Waals surface area contributed by atoms with Gasteiger partial charge in [-0.2, -0.15) is 0 Å². The molecule has 0 aromatic heterocycles. The minimum atomic E-state index is -0.285. The lowest BCUT2D eigenvalue weighted by molar-refractivity contribution is 0.288. The summed E-state index contributed by atoms with van der Waals surface area (Å²) < 4.78 is 18.9. The van der Waals surface area contributed by atoms with Crippen LogP contribution in [0, 0.1) is 11.7 Å². The van der Waals surface area contributed by atoms with Gasteiger partial charge in [-0.25, -0.2) is 4.39 Å². The molecule has 0 saturated carbocycles. The average Bonchev–Trinajstić information content (AvgIpc) is 2.10. The second kappa shape index (κ2) is 5.35. The van der Waals surface area contributed by atoms with Crippen molar-refractivity contribution in [2.24, 2.45) is 5.92 Å². The molecule has 14 heavy (non-hydrogen) atoms. The van der Waals surface area contributed by atoms with Gasteiger partial charge in [-0.1, -0.05) is 13.8 Å². The standard InChI is InChI=1S/C11H14BrFO/c1-8(2)5-6-14-9-3-4-10(12)11(13)7-9/h3-4,7-8H,5-6H2,1-2H3. The summed E-state index contributed by atoms with van der Waals surface area (Å²) in [5.41, 5.74) is 0. The fourth-order valence-electron chi connectivity index (χ4n) is 0.979. The topological polar surface area (TPSA) is 9.23 Å². The van der Waals surface area contributed by atoms with E-state index in [0.717, 1.165) is 6.42 Å². The highest BCUT2D eigenvalue weighted by atomic mass is 79.9. The first kappa shape index (κ1) is 11.5. The largest absolute Gasteiger partial charge is 0.493 e. The molecular weight excluding hydrogens is 247 g/mol. The van der Waals surface area contributed by atoms with Crippen LogP contribution in [0.1, 0.15) is 20.3 Å². The Kier molecular flexibility index (Phi) is 4.39. The van der Waals surface area contributed by atoms with Crippen LogP contribution in [0.15, 0.2) is 22.7 Å². The van der Waals surface area contributed by atoms with Crippen molar-refractivity contribution in [2.75, 3.05) is 6.61 Å². The second-order valence-corrected chi connectivity index (χ2v) is 4.46. The van der Waals surface area contributed by atoms with Crippen LogP contribution in [-0.2, 0) is 0 Å². The Morgan fingerprint density at radius 2 is 2.14 bits per heavy atom. The molecule has 0 N–H and O–H groups in total. The van der Waals surface area contributed by atoms with E-state index >= 15 is 0 Å². The molecule has 0 heterocycles. The summed E-state index contributed by atoms with van der Waals surface area (Å²) in [5, 5.41) is 0. The third-order valence-electron chi connectivity index (χ3n) is 1.85. The maximum Gasteiger partial charge on any atom is 0.141 e. The highest BCUT2D eigenvalue weighted by Crippen LogP contribution is 2.21. The molecule has 78 valence electrons. The number of hydrogen-bond acceptors (Lipinski definition) is 1. The molecule has 0 aliphatic heterocycles. The fourth-order valence-corrected chi connectivity index (χ4v) is 1.23. The normalized spacial score (nSPS) is 10.6. The van der Waals surface area contributed by atoms with Gasteiger partial charge >= 0.3 is 0 Å². The monoisotopic (exact) mass is 260 g/mol. The van der Waals surface area contributed by atoms with Crippen LogP contribution in [0.2, 0.25) is 0 Å². The van der Waals surface area contributed by atoms with Gasteiger partial charge in [0, 0.05) is 6.07 Å². The van der Waals surface area contributed by atoms with Gasteiger partial charge in [-0.05, 0) is 40.4 Å². The molecule has 3 heteroatoms. The van der Waals surface area contributed by atoms with Gasteiger partial charge in [0.1, 0.15) is 11.6 Å². The number of halogens is 2. The first-order chi connectivity index (χ1) is 6.59. The molecule has 1 rings (SSSR count). The smallest absolute Gasteiger partial charge is 0.141 e. The van der Waals surface area contributed by atoms with Crippen LogP contribution in [0.25, 0.3) is 0 Å². The molecule has 0 saturated heterocycles. The third-order valence-corrected chi connectivity index (χ3v) is 2.50. The van der Waals surface area contributed by atoms with Crippen LogP contribution < -0.4 is 4.74 Å². The van der Waals surface area contributed by atoms with E-state index in [1.165, 1.54) is 6.07 Å². The number of benzene rings is 1. The molecule has 0 unspecified atom stereocenters. The van der Waals surface area contributed by atoms with Crippen molar-refractivity contribution < 1.29 is 9.13 Å². The molecule has 1 nitrogen and oxygen atoms in total. The zero-order valence-electron chi connectivity index (χ0n) is 8.39. The van der Waals surface area contributed by atoms with Crippen LogP contribution in [-0.4, -0.2) is 6.61 Å². The molecule has 0 radical (unpaired) electrons. The predicted octanol–water partition coefficient (Wildman–Crippen LogP) is 4.01. The summed E-state index contributed by atoms with van der Waals surface area (Å²) in [6.07, 6.45) is 0.984. The SMILES string of the molecule is CC(C)CCOc1ccc(Br)c(F)c1. The van der Waals surface area contributed by atoms with E-state index in [1.54, 1.807) is 12.1 Å². The van der Waals surface area contributed by atoms with Gasteiger partial charge in [-0.15, -0.1) is 0 Å². The Hall–Kier alpha value is -0.570. The molecule has 0 fully saturated rings. The zero-order valence-corrected chi connectivity index (χ0v) is 9.97. The summed E-state index contributed by atoms with van der Waals surface area (Å²) in [5.74, 6) is 0.911. The Bertz CT molecular complexity index is 299. The van der Waals surface area contributed by atoms with Crippen molar-refractivity contribution in [1.82, 2.24) is 0 Å². The van der Waals surface area contributed by atoms with Gasteiger partial charge < -0.3 is 4.74 Å². The van der Waals surface area contributed by atoms with Crippen LogP contribution >= 0.6 is 15.9 Å². The van der Waals surface area contributed by atoms with E-state index in [1.807, 2.05) is 0 Å². The van der Waals surface area contributed by atoms with E-state index in [4.69, 9.17) is 4.74 Å².